The third-order valence-corrected chi connectivity index (χ3v) is 6.34. The summed E-state index contributed by atoms with van der Waals surface area (Å²) < 4.78 is 27.0. The Morgan fingerprint density at radius 1 is 0.909 bits per heavy atom. The maximum absolute atomic E-state index is 12.5. The van der Waals surface area contributed by atoms with Crippen LogP contribution in [0.5, 0.6) is 11.5 Å². The van der Waals surface area contributed by atoms with Crippen LogP contribution < -0.4 is 14.4 Å². The fourth-order valence-corrected chi connectivity index (χ4v) is 3.67. The van der Waals surface area contributed by atoms with Gasteiger partial charge in [-0.15, -0.1) is 0 Å². The van der Waals surface area contributed by atoms with Crippen molar-refractivity contribution in [1.82, 2.24) is 4.98 Å². The third-order valence-electron chi connectivity index (χ3n) is 4.99. The molecule has 0 saturated carbocycles. The van der Waals surface area contributed by atoms with Crippen molar-refractivity contribution in [2.45, 2.75) is 38.6 Å². The van der Waals surface area contributed by atoms with E-state index < -0.39 is 16.1 Å². The Hall–Kier alpha value is -3.03. The average molecular weight is 466 g/mol. The highest BCUT2D eigenvalue weighted by Crippen LogP contribution is 2.24. The van der Waals surface area contributed by atoms with E-state index in [9.17, 15) is 4.55 Å². The lowest BCUT2D eigenvalue weighted by Gasteiger charge is -2.26. The molecule has 0 saturated heterocycles. The highest BCUT2D eigenvalue weighted by molar-refractivity contribution is 7.91. The summed E-state index contributed by atoms with van der Waals surface area (Å²) in [6.07, 6.45) is 3.43. The molecular weight excluding hydrogens is 434 g/mol. The van der Waals surface area contributed by atoms with Gasteiger partial charge < -0.3 is 18.9 Å². The molecule has 33 heavy (non-hydrogen) atoms. The van der Waals surface area contributed by atoms with Crippen molar-refractivity contribution in [3.8, 4) is 11.5 Å². The van der Waals surface area contributed by atoms with Gasteiger partial charge >= 0.3 is 0 Å². The Kier molecular flexibility index (Phi) is 8.36. The standard InChI is InChI=1S/C26H31N3O3S/c1-26(2,3)33(30)28-17-22-7-6-16-27-25(22)29(18-20-8-12-23(31-4)13-9-20)19-21-10-14-24(32-5)15-11-21/h6-17H,18-19H2,1-5H3/b28-17-/t33-/m0/s1. The number of nitrogens with zero attached hydrogens (tertiary/aromatic N) is 3. The minimum Gasteiger partial charge on any atom is -0.591 e. The van der Waals surface area contributed by atoms with Gasteiger partial charge in [0.15, 0.2) is 0 Å². The van der Waals surface area contributed by atoms with E-state index >= 15 is 0 Å². The van der Waals surface area contributed by atoms with Crippen LogP contribution in [0.1, 0.15) is 37.5 Å². The molecule has 0 amide bonds. The molecule has 0 bridgehead atoms. The quantitative estimate of drug-likeness (QED) is 0.321. The molecule has 1 atom stereocenters. The summed E-state index contributed by atoms with van der Waals surface area (Å²) in [4.78, 5) is 6.85. The number of anilines is 1. The lowest BCUT2D eigenvalue weighted by atomic mass is 10.1. The molecule has 0 aliphatic rings. The van der Waals surface area contributed by atoms with Crippen LogP contribution in [-0.2, 0) is 24.5 Å². The van der Waals surface area contributed by atoms with Crippen molar-refractivity contribution in [2.75, 3.05) is 19.1 Å². The first kappa shape index (κ1) is 24.6. The molecule has 0 aliphatic carbocycles. The third kappa shape index (κ3) is 6.97. The number of aromatic nitrogens is 1. The number of methoxy groups -OCH3 is 2. The van der Waals surface area contributed by atoms with E-state index in [4.69, 9.17) is 9.47 Å². The minimum absolute atomic E-state index is 0.426. The second-order valence-electron chi connectivity index (χ2n) is 8.56. The lowest BCUT2D eigenvalue weighted by molar-refractivity contribution is 0.414. The predicted molar refractivity (Wildman–Crippen MR) is 136 cm³/mol. The van der Waals surface area contributed by atoms with E-state index in [0.717, 1.165) is 34.0 Å². The molecule has 2 aromatic carbocycles. The van der Waals surface area contributed by atoms with Crippen LogP contribution in [0.2, 0.25) is 0 Å². The van der Waals surface area contributed by atoms with Gasteiger partial charge in [0.05, 0.1) is 20.4 Å². The summed E-state index contributed by atoms with van der Waals surface area (Å²) >= 11 is -1.35. The van der Waals surface area contributed by atoms with Gasteiger partial charge in [-0.1, -0.05) is 28.7 Å². The molecule has 0 radical (unpaired) electrons. The molecule has 6 nitrogen and oxygen atoms in total. The molecule has 1 heterocycles. The number of ether oxygens (including phenoxy) is 2. The normalized spacial score (nSPS) is 12.5. The van der Waals surface area contributed by atoms with Crippen LogP contribution in [0.15, 0.2) is 71.3 Å². The van der Waals surface area contributed by atoms with Crippen molar-refractivity contribution in [1.29, 1.82) is 0 Å². The number of hydrogen-bond donors (Lipinski definition) is 0. The zero-order valence-electron chi connectivity index (χ0n) is 19.8. The first-order valence-electron chi connectivity index (χ1n) is 10.7. The summed E-state index contributed by atoms with van der Waals surface area (Å²) in [5.41, 5.74) is 3.06. The molecule has 0 fully saturated rings. The summed E-state index contributed by atoms with van der Waals surface area (Å²) in [7, 11) is 3.32. The maximum Gasteiger partial charge on any atom is 0.144 e. The van der Waals surface area contributed by atoms with Gasteiger partial charge in [0.25, 0.3) is 0 Å². The van der Waals surface area contributed by atoms with Crippen LogP contribution in [0.4, 0.5) is 5.82 Å². The van der Waals surface area contributed by atoms with E-state index in [0.29, 0.717) is 13.1 Å². The molecule has 7 heteroatoms. The van der Waals surface area contributed by atoms with Crippen molar-refractivity contribution in [3.05, 3.63) is 83.6 Å². The van der Waals surface area contributed by atoms with Gasteiger partial charge in [0.2, 0.25) is 0 Å². The fourth-order valence-electron chi connectivity index (χ4n) is 3.15. The van der Waals surface area contributed by atoms with Crippen molar-refractivity contribution in [2.24, 2.45) is 4.40 Å². The van der Waals surface area contributed by atoms with Crippen molar-refractivity contribution >= 4 is 23.4 Å². The van der Waals surface area contributed by atoms with Crippen LogP contribution in [0, 0.1) is 0 Å². The highest BCUT2D eigenvalue weighted by atomic mass is 32.2. The van der Waals surface area contributed by atoms with E-state index in [2.05, 4.69) is 14.3 Å². The van der Waals surface area contributed by atoms with Gasteiger partial charge in [0.1, 0.15) is 33.4 Å². The first-order chi connectivity index (χ1) is 15.8. The van der Waals surface area contributed by atoms with E-state index in [1.165, 1.54) is 0 Å². The van der Waals surface area contributed by atoms with Gasteiger partial charge in [-0.3, -0.25) is 0 Å². The summed E-state index contributed by atoms with van der Waals surface area (Å²) in [5, 5.41) is 0. The molecule has 3 rings (SSSR count). The van der Waals surface area contributed by atoms with Gasteiger partial charge in [-0.2, -0.15) is 0 Å². The van der Waals surface area contributed by atoms with Crippen LogP contribution in [0.25, 0.3) is 0 Å². The second kappa shape index (κ2) is 11.2. The molecule has 0 unspecified atom stereocenters. The zero-order chi connectivity index (χ0) is 23.8. The maximum atomic E-state index is 12.5. The first-order valence-corrected chi connectivity index (χ1v) is 11.8. The largest absolute Gasteiger partial charge is 0.591 e. The minimum atomic E-state index is -1.35. The molecule has 174 valence electrons. The van der Waals surface area contributed by atoms with Gasteiger partial charge in [0, 0.05) is 24.8 Å². The van der Waals surface area contributed by atoms with E-state index in [1.54, 1.807) is 26.6 Å². The topological polar surface area (TPSA) is 70.0 Å². The molecule has 0 spiro atoms. The SMILES string of the molecule is COc1ccc(CN(Cc2ccc(OC)cc2)c2ncccc2/C=N\[S@@+]([O-])C(C)(C)C)cc1. The van der Waals surface area contributed by atoms with Crippen molar-refractivity contribution < 1.29 is 14.0 Å². The van der Waals surface area contributed by atoms with Crippen LogP contribution in [0.3, 0.4) is 0 Å². The smallest absolute Gasteiger partial charge is 0.144 e. The number of rotatable bonds is 9. The molecule has 3 aromatic rings. The summed E-state index contributed by atoms with van der Waals surface area (Å²) in [5.74, 6) is 2.41. The molecule has 0 N–H and O–H groups in total. The van der Waals surface area contributed by atoms with Gasteiger partial charge in [-0.25, -0.2) is 4.98 Å². The van der Waals surface area contributed by atoms with Crippen molar-refractivity contribution in [3.63, 3.8) is 0 Å². The monoisotopic (exact) mass is 465 g/mol. The highest BCUT2D eigenvalue weighted by Gasteiger charge is 2.26. The number of benzene rings is 2. The molecule has 1 aromatic heterocycles. The van der Waals surface area contributed by atoms with E-state index in [1.807, 2.05) is 81.4 Å². The van der Waals surface area contributed by atoms with Gasteiger partial charge in [-0.05, 0) is 68.3 Å². The second-order valence-corrected chi connectivity index (χ2v) is 10.5. The average Bonchev–Trinajstić information content (AvgIpc) is 2.82. The van der Waals surface area contributed by atoms with E-state index in [-0.39, 0.29) is 0 Å². The lowest BCUT2D eigenvalue weighted by Crippen LogP contribution is -2.26. The Balaban J connectivity index is 1.94. The Labute approximate surface area is 199 Å². The Morgan fingerprint density at radius 2 is 1.42 bits per heavy atom. The molecule has 0 aliphatic heterocycles. The fraction of sp³-hybridized carbons (Fsp3) is 0.308. The summed E-state index contributed by atoms with van der Waals surface area (Å²) in [6, 6.07) is 19.8. The summed E-state index contributed by atoms with van der Waals surface area (Å²) in [6.45, 7) is 6.99. The number of pyridine rings is 1. The Morgan fingerprint density at radius 3 is 1.88 bits per heavy atom. The molecular formula is C26H31N3O3S. The Bertz CT molecular complexity index is 998. The van der Waals surface area contributed by atoms with Crippen LogP contribution >= 0.6 is 0 Å². The number of hydrogen-bond acceptors (Lipinski definition) is 6. The predicted octanol–water partition coefficient (Wildman–Crippen LogP) is 5.19. The van der Waals surface area contributed by atoms with Crippen LogP contribution in [-0.4, -0.2) is 34.7 Å². The zero-order valence-corrected chi connectivity index (χ0v) is 20.6.